The first-order valence-electron chi connectivity index (χ1n) is 10.5. The van der Waals surface area contributed by atoms with Crippen LogP contribution < -0.4 is 18.9 Å². The maximum atomic E-state index is 6.61. The summed E-state index contributed by atoms with van der Waals surface area (Å²) in [5, 5.41) is 0. The van der Waals surface area contributed by atoms with E-state index < -0.39 is 0 Å². The molecule has 2 aliphatic heterocycles. The Morgan fingerprint density at radius 2 is 1.13 bits per heavy atom. The van der Waals surface area contributed by atoms with Crippen LogP contribution in [0, 0.1) is 0 Å². The molecule has 7 heteroatoms. The Morgan fingerprint density at radius 1 is 0.710 bits per heavy atom. The average molecular weight is 430 g/mol. The molecule has 4 atom stereocenters. The van der Waals surface area contributed by atoms with Crippen LogP contribution in [0.25, 0.3) is 0 Å². The molecule has 0 radical (unpaired) electrons. The van der Waals surface area contributed by atoms with Gasteiger partial charge in [-0.25, -0.2) is 0 Å². The standard InChI is InChI=1S/C24H30O7/c1-25-17-9-5-7-15(23(17)27-3)11-19(21-13-29-21)31-20(22-14-30-22)12-16-8-6-10-18(26-2)24(16)28-4/h5-10,19-22H,11-14H2,1-4H3. The number of benzene rings is 2. The fourth-order valence-corrected chi connectivity index (χ4v) is 3.96. The van der Waals surface area contributed by atoms with Gasteiger partial charge >= 0.3 is 0 Å². The normalized spacial score (nSPS) is 21.2. The molecule has 0 bridgehead atoms. The summed E-state index contributed by atoms with van der Waals surface area (Å²) in [5.74, 6) is 2.87. The lowest BCUT2D eigenvalue weighted by Gasteiger charge is -2.25. The zero-order chi connectivity index (χ0) is 21.8. The molecule has 2 heterocycles. The maximum absolute atomic E-state index is 6.61. The Labute approximate surface area is 183 Å². The average Bonchev–Trinajstić information content (AvgIpc) is 3.70. The number of methoxy groups -OCH3 is 4. The lowest BCUT2D eigenvalue weighted by molar-refractivity contribution is -0.0373. The van der Waals surface area contributed by atoms with Crippen LogP contribution >= 0.6 is 0 Å². The molecule has 31 heavy (non-hydrogen) atoms. The molecule has 0 amide bonds. The number of hydrogen-bond donors (Lipinski definition) is 0. The van der Waals surface area contributed by atoms with Crippen molar-refractivity contribution in [2.45, 2.75) is 37.3 Å². The van der Waals surface area contributed by atoms with Crippen LogP contribution in [0.5, 0.6) is 23.0 Å². The van der Waals surface area contributed by atoms with Gasteiger partial charge in [-0.2, -0.15) is 0 Å². The zero-order valence-electron chi connectivity index (χ0n) is 18.5. The van der Waals surface area contributed by atoms with Crippen molar-refractivity contribution in [3.63, 3.8) is 0 Å². The number of ether oxygens (including phenoxy) is 7. The molecule has 4 unspecified atom stereocenters. The van der Waals surface area contributed by atoms with Crippen molar-refractivity contribution < 1.29 is 33.2 Å². The highest BCUT2D eigenvalue weighted by molar-refractivity contribution is 5.48. The molecule has 2 aromatic rings. The molecule has 2 saturated heterocycles. The third kappa shape index (κ3) is 5.06. The quantitative estimate of drug-likeness (QED) is 0.479. The van der Waals surface area contributed by atoms with E-state index in [2.05, 4.69) is 0 Å². The molecule has 2 aliphatic rings. The van der Waals surface area contributed by atoms with E-state index >= 15 is 0 Å². The molecule has 0 N–H and O–H groups in total. The molecule has 0 aromatic heterocycles. The summed E-state index contributed by atoms with van der Waals surface area (Å²) in [5.41, 5.74) is 2.05. The molecule has 0 saturated carbocycles. The van der Waals surface area contributed by atoms with Gasteiger partial charge in [0.2, 0.25) is 0 Å². The predicted octanol–water partition coefficient (Wildman–Crippen LogP) is 3.06. The third-order valence-electron chi connectivity index (χ3n) is 5.71. The first-order valence-corrected chi connectivity index (χ1v) is 10.5. The maximum Gasteiger partial charge on any atom is 0.163 e. The minimum Gasteiger partial charge on any atom is -0.493 e. The zero-order valence-corrected chi connectivity index (χ0v) is 18.5. The van der Waals surface area contributed by atoms with E-state index in [1.807, 2.05) is 36.4 Å². The Kier molecular flexibility index (Phi) is 6.85. The summed E-state index contributed by atoms with van der Waals surface area (Å²) in [6.45, 7) is 1.38. The van der Waals surface area contributed by atoms with E-state index in [0.717, 1.165) is 22.6 Å². The van der Waals surface area contributed by atoms with E-state index in [1.165, 1.54) is 0 Å². The molecule has 7 nitrogen and oxygen atoms in total. The largest absolute Gasteiger partial charge is 0.493 e. The highest BCUT2D eigenvalue weighted by Gasteiger charge is 2.41. The lowest BCUT2D eigenvalue weighted by Crippen LogP contribution is -2.33. The van der Waals surface area contributed by atoms with Gasteiger partial charge in [-0.3, -0.25) is 0 Å². The van der Waals surface area contributed by atoms with Crippen molar-refractivity contribution in [2.75, 3.05) is 41.7 Å². The van der Waals surface area contributed by atoms with Gasteiger partial charge < -0.3 is 33.2 Å². The van der Waals surface area contributed by atoms with Gasteiger partial charge in [0.25, 0.3) is 0 Å². The van der Waals surface area contributed by atoms with Gasteiger partial charge in [-0.1, -0.05) is 24.3 Å². The van der Waals surface area contributed by atoms with Crippen LogP contribution in [0.2, 0.25) is 0 Å². The highest BCUT2D eigenvalue weighted by Crippen LogP contribution is 2.36. The van der Waals surface area contributed by atoms with Crippen molar-refractivity contribution in [1.29, 1.82) is 0 Å². The second-order valence-electron chi connectivity index (χ2n) is 7.67. The molecular weight excluding hydrogens is 400 g/mol. The SMILES string of the molecule is COc1cccc(CC(OC(Cc2cccc(OC)c2OC)C2CO2)C2CO2)c1OC. The molecular formula is C24H30O7. The summed E-state index contributed by atoms with van der Waals surface area (Å²) in [7, 11) is 6.59. The fourth-order valence-electron chi connectivity index (χ4n) is 3.96. The Bertz CT molecular complexity index is 805. The first-order chi connectivity index (χ1) is 15.2. The third-order valence-corrected chi connectivity index (χ3v) is 5.71. The topological polar surface area (TPSA) is 71.2 Å². The van der Waals surface area contributed by atoms with Gasteiger partial charge in [0.15, 0.2) is 23.0 Å². The second-order valence-corrected chi connectivity index (χ2v) is 7.67. The molecule has 2 fully saturated rings. The summed E-state index contributed by atoms with van der Waals surface area (Å²) in [6.07, 6.45) is 1.19. The van der Waals surface area contributed by atoms with Gasteiger partial charge in [-0.05, 0) is 12.1 Å². The van der Waals surface area contributed by atoms with E-state index in [0.29, 0.717) is 37.6 Å². The minimum absolute atomic E-state index is 0.0596. The van der Waals surface area contributed by atoms with E-state index in [1.54, 1.807) is 28.4 Å². The summed E-state index contributed by atoms with van der Waals surface area (Å²) < 4.78 is 40.0. The van der Waals surface area contributed by atoms with Crippen molar-refractivity contribution in [3.05, 3.63) is 47.5 Å². The summed E-state index contributed by atoms with van der Waals surface area (Å²) in [6, 6.07) is 11.8. The first kappa shape index (κ1) is 21.7. The molecule has 0 aliphatic carbocycles. The van der Waals surface area contributed by atoms with Crippen LogP contribution in [0.4, 0.5) is 0 Å². The summed E-state index contributed by atoms with van der Waals surface area (Å²) >= 11 is 0. The number of hydrogen-bond acceptors (Lipinski definition) is 7. The predicted molar refractivity (Wildman–Crippen MR) is 115 cm³/mol. The van der Waals surface area contributed by atoms with Crippen molar-refractivity contribution >= 4 is 0 Å². The molecule has 4 rings (SSSR count). The van der Waals surface area contributed by atoms with Crippen molar-refractivity contribution in [2.24, 2.45) is 0 Å². The highest BCUT2D eigenvalue weighted by atomic mass is 16.6. The minimum atomic E-state index is -0.119. The van der Waals surface area contributed by atoms with Crippen LogP contribution in [0.1, 0.15) is 11.1 Å². The van der Waals surface area contributed by atoms with Gasteiger partial charge in [0, 0.05) is 24.0 Å². The van der Waals surface area contributed by atoms with Crippen LogP contribution in [0.3, 0.4) is 0 Å². The lowest BCUT2D eigenvalue weighted by atomic mass is 10.0. The number of epoxide rings is 2. The Hall–Kier alpha value is -2.48. The van der Waals surface area contributed by atoms with E-state index in [-0.39, 0.29) is 24.4 Å². The van der Waals surface area contributed by atoms with Crippen LogP contribution in [-0.2, 0) is 27.1 Å². The van der Waals surface area contributed by atoms with Gasteiger partial charge in [-0.15, -0.1) is 0 Å². The van der Waals surface area contributed by atoms with Crippen molar-refractivity contribution in [3.8, 4) is 23.0 Å². The summed E-state index contributed by atoms with van der Waals surface area (Å²) in [4.78, 5) is 0. The number of rotatable bonds is 12. The molecule has 2 aromatic carbocycles. The monoisotopic (exact) mass is 430 g/mol. The van der Waals surface area contributed by atoms with Gasteiger partial charge in [0.05, 0.1) is 53.9 Å². The Balaban J connectivity index is 1.53. The smallest absolute Gasteiger partial charge is 0.163 e. The second kappa shape index (κ2) is 9.77. The Morgan fingerprint density at radius 3 is 1.45 bits per heavy atom. The van der Waals surface area contributed by atoms with Crippen LogP contribution in [0.15, 0.2) is 36.4 Å². The van der Waals surface area contributed by atoms with E-state index in [4.69, 9.17) is 33.2 Å². The van der Waals surface area contributed by atoms with Gasteiger partial charge in [0.1, 0.15) is 12.2 Å². The fraction of sp³-hybridized carbons (Fsp3) is 0.500. The molecule has 0 spiro atoms. The molecule has 168 valence electrons. The van der Waals surface area contributed by atoms with E-state index in [9.17, 15) is 0 Å². The van der Waals surface area contributed by atoms with Crippen molar-refractivity contribution in [1.82, 2.24) is 0 Å². The van der Waals surface area contributed by atoms with Crippen LogP contribution in [-0.4, -0.2) is 66.1 Å². The number of para-hydroxylation sites is 2.